The molecule has 0 bridgehead atoms. The van der Waals surface area contributed by atoms with Gasteiger partial charge in [-0.15, -0.1) is 0 Å². The summed E-state index contributed by atoms with van der Waals surface area (Å²) >= 11 is 0. The third kappa shape index (κ3) is 4.03. The Morgan fingerprint density at radius 3 is 2.62 bits per heavy atom. The number of amides is 1. The van der Waals surface area contributed by atoms with Crippen molar-refractivity contribution in [3.63, 3.8) is 0 Å². The molecule has 26 heavy (non-hydrogen) atoms. The predicted molar refractivity (Wildman–Crippen MR) is 101 cm³/mol. The molecule has 1 atom stereocenters. The number of benzene rings is 1. The second kappa shape index (κ2) is 8.49. The molecule has 0 radical (unpaired) electrons. The molecular weight excluding hydrogens is 328 g/mol. The largest absolute Gasteiger partial charge is 0.468 e. The topological polar surface area (TPSA) is 74.2 Å². The van der Waals surface area contributed by atoms with Gasteiger partial charge in [-0.2, -0.15) is 5.10 Å². The lowest BCUT2D eigenvalue weighted by molar-refractivity contribution is 0.0924. The van der Waals surface area contributed by atoms with E-state index in [9.17, 15) is 4.79 Å². The summed E-state index contributed by atoms with van der Waals surface area (Å²) in [4.78, 5) is 14.8. The Kier molecular flexibility index (Phi) is 5.86. The Bertz CT molecular complexity index is 807. The number of H-pyrrole nitrogens is 1. The number of aromatic amines is 1. The quantitative estimate of drug-likeness (QED) is 0.651. The molecule has 1 unspecified atom stereocenters. The number of nitrogens with zero attached hydrogens (tertiary/aromatic N) is 2. The summed E-state index contributed by atoms with van der Waals surface area (Å²) in [6, 6.07) is 15.4. The first-order chi connectivity index (χ1) is 12.7. The van der Waals surface area contributed by atoms with Gasteiger partial charge in [-0.05, 0) is 31.3 Å². The molecule has 0 aliphatic heterocycles. The van der Waals surface area contributed by atoms with E-state index in [1.54, 1.807) is 12.3 Å². The van der Waals surface area contributed by atoms with Crippen LogP contribution in [0.15, 0.2) is 59.2 Å². The van der Waals surface area contributed by atoms with Gasteiger partial charge in [0.15, 0.2) is 0 Å². The first kappa shape index (κ1) is 17.9. The van der Waals surface area contributed by atoms with Crippen molar-refractivity contribution in [1.29, 1.82) is 0 Å². The van der Waals surface area contributed by atoms with Gasteiger partial charge in [0.05, 0.1) is 18.0 Å². The minimum atomic E-state index is -0.177. The van der Waals surface area contributed by atoms with Crippen LogP contribution in [0.2, 0.25) is 0 Å². The fraction of sp³-hybridized carbons (Fsp3) is 0.300. The molecule has 3 aromatic rings. The monoisotopic (exact) mass is 352 g/mol. The van der Waals surface area contributed by atoms with Crippen molar-refractivity contribution in [3.05, 3.63) is 66.2 Å². The zero-order valence-electron chi connectivity index (χ0n) is 15.1. The van der Waals surface area contributed by atoms with Crippen LogP contribution in [0.25, 0.3) is 11.3 Å². The van der Waals surface area contributed by atoms with Gasteiger partial charge >= 0.3 is 0 Å². The van der Waals surface area contributed by atoms with Gasteiger partial charge in [-0.3, -0.25) is 14.8 Å². The van der Waals surface area contributed by atoms with Gasteiger partial charge in [0.2, 0.25) is 0 Å². The fourth-order valence-corrected chi connectivity index (χ4v) is 3.03. The number of hydrogen-bond donors (Lipinski definition) is 2. The van der Waals surface area contributed by atoms with E-state index in [1.165, 1.54) is 0 Å². The van der Waals surface area contributed by atoms with Crippen molar-refractivity contribution in [2.45, 2.75) is 19.9 Å². The molecule has 2 heterocycles. The third-order valence-electron chi connectivity index (χ3n) is 4.47. The van der Waals surface area contributed by atoms with Crippen LogP contribution >= 0.6 is 0 Å². The number of carbonyl (C=O) groups excluding carboxylic acids is 1. The lowest BCUT2D eigenvalue weighted by Gasteiger charge is -2.28. The molecule has 0 spiro atoms. The van der Waals surface area contributed by atoms with Crippen LogP contribution in [0.1, 0.15) is 36.1 Å². The summed E-state index contributed by atoms with van der Waals surface area (Å²) in [6.07, 6.45) is 1.66. The number of nitrogens with one attached hydrogen (secondary N) is 2. The van der Waals surface area contributed by atoms with Gasteiger partial charge in [-0.25, -0.2) is 0 Å². The van der Waals surface area contributed by atoms with Gasteiger partial charge in [0.1, 0.15) is 11.5 Å². The highest BCUT2D eigenvalue weighted by molar-refractivity contribution is 5.93. The maximum atomic E-state index is 12.5. The number of rotatable bonds is 8. The van der Waals surface area contributed by atoms with Crippen LogP contribution in [0, 0.1) is 0 Å². The van der Waals surface area contributed by atoms with E-state index < -0.39 is 0 Å². The first-order valence-electron chi connectivity index (χ1n) is 8.89. The maximum Gasteiger partial charge on any atom is 0.269 e. The standard InChI is InChI=1S/C20H24N4O2/c1-3-24(4-2)18(19-11-8-12-26-19)14-21-20(25)17-13-16(22-23-17)15-9-6-5-7-10-15/h5-13,18H,3-4,14H2,1-2H3,(H,21,25)(H,22,23). The molecule has 0 aliphatic carbocycles. The number of carbonyl (C=O) groups is 1. The van der Waals surface area contributed by atoms with Crippen LogP contribution in [-0.2, 0) is 0 Å². The van der Waals surface area contributed by atoms with Gasteiger partial charge < -0.3 is 9.73 Å². The lowest BCUT2D eigenvalue weighted by Crippen LogP contribution is -2.38. The normalized spacial score (nSPS) is 12.3. The summed E-state index contributed by atoms with van der Waals surface area (Å²) in [5, 5.41) is 10.0. The second-order valence-corrected chi connectivity index (χ2v) is 6.00. The summed E-state index contributed by atoms with van der Waals surface area (Å²) in [7, 11) is 0. The SMILES string of the molecule is CCN(CC)C(CNC(=O)c1cc(-c2ccccc2)n[nH]1)c1ccco1. The Hall–Kier alpha value is -2.86. The average Bonchev–Trinajstić information content (AvgIpc) is 3.37. The van der Waals surface area contributed by atoms with Crippen LogP contribution in [0.3, 0.4) is 0 Å². The average molecular weight is 352 g/mol. The van der Waals surface area contributed by atoms with Crippen LogP contribution in [0.4, 0.5) is 0 Å². The van der Waals surface area contributed by atoms with Crippen molar-refractivity contribution in [3.8, 4) is 11.3 Å². The Morgan fingerprint density at radius 1 is 1.19 bits per heavy atom. The number of hydrogen-bond acceptors (Lipinski definition) is 4. The molecule has 0 saturated carbocycles. The van der Waals surface area contributed by atoms with Crippen molar-refractivity contribution >= 4 is 5.91 Å². The molecule has 136 valence electrons. The van der Waals surface area contributed by atoms with Gasteiger partial charge in [0, 0.05) is 12.1 Å². The fourth-order valence-electron chi connectivity index (χ4n) is 3.03. The summed E-state index contributed by atoms with van der Waals surface area (Å²) in [5.41, 5.74) is 2.17. The van der Waals surface area contributed by atoms with E-state index in [0.717, 1.165) is 30.1 Å². The Labute approximate surface area is 153 Å². The Balaban J connectivity index is 1.68. The van der Waals surface area contributed by atoms with E-state index in [4.69, 9.17) is 4.42 Å². The van der Waals surface area contributed by atoms with Crippen LogP contribution in [0.5, 0.6) is 0 Å². The molecule has 6 nitrogen and oxygen atoms in total. The minimum absolute atomic E-state index is 0.000431. The first-order valence-corrected chi connectivity index (χ1v) is 8.89. The van der Waals surface area contributed by atoms with E-state index in [0.29, 0.717) is 12.2 Å². The molecule has 6 heteroatoms. The molecule has 0 aliphatic rings. The van der Waals surface area contributed by atoms with Crippen LogP contribution < -0.4 is 5.32 Å². The molecule has 0 saturated heterocycles. The number of furan rings is 1. The second-order valence-electron chi connectivity index (χ2n) is 6.00. The third-order valence-corrected chi connectivity index (χ3v) is 4.47. The van der Waals surface area contributed by atoms with Crippen LogP contribution in [-0.4, -0.2) is 40.6 Å². The minimum Gasteiger partial charge on any atom is -0.468 e. The molecule has 2 N–H and O–H groups in total. The van der Waals surface area contributed by atoms with E-state index in [2.05, 4.69) is 34.3 Å². The number of likely N-dealkylation sites (N-methyl/N-ethyl adjacent to an activating group) is 1. The highest BCUT2D eigenvalue weighted by Crippen LogP contribution is 2.21. The number of aromatic nitrogens is 2. The molecule has 0 fully saturated rings. The highest BCUT2D eigenvalue weighted by atomic mass is 16.3. The molecular formula is C20H24N4O2. The molecule has 2 aromatic heterocycles. The summed E-state index contributed by atoms with van der Waals surface area (Å²) < 4.78 is 5.57. The summed E-state index contributed by atoms with van der Waals surface area (Å²) in [6.45, 7) is 6.41. The lowest BCUT2D eigenvalue weighted by atomic mass is 10.1. The summed E-state index contributed by atoms with van der Waals surface area (Å²) in [5.74, 6) is 0.673. The van der Waals surface area contributed by atoms with E-state index >= 15 is 0 Å². The highest BCUT2D eigenvalue weighted by Gasteiger charge is 2.22. The smallest absolute Gasteiger partial charge is 0.269 e. The predicted octanol–water partition coefficient (Wildman–Crippen LogP) is 3.48. The zero-order chi connectivity index (χ0) is 18.4. The zero-order valence-corrected chi connectivity index (χ0v) is 15.1. The van der Waals surface area contributed by atoms with Crippen molar-refractivity contribution < 1.29 is 9.21 Å². The van der Waals surface area contributed by atoms with Crippen molar-refractivity contribution in [2.24, 2.45) is 0 Å². The van der Waals surface area contributed by atoms with Gasteiger partial charge in [0.25, 0.3) is 5.91 Å². The van der Waals surface area contributed by atoms with E-state index in [1.807, 2.05) is 42.5 Å². The molecule has 3 rings (SSSR count). The molecule has 1 amide bonds. The van der Waals surface area contributed by atoms with Crippen molar-refractivity contribution in [2.75, 3.05) is 19.6 Å². The molecule has 1 aromatic carbocycles. The maximum absolute atomic E-state index is 12.5. The van der Waals surface area contributed by atoms with Crippen molar-refractivity contribution in [1.82, 2.24) is 20.4 Å². The Morgan fingerprint density at radius 2 is 1.96 bits per heavy atom. The van der Waals surface area contributed by atoms with Gasteiger partial charge in [-0.1, -0.05) is 44.2 Å². The van der Waals surface area contributed by atoms with E-state index in [-0.39, 0.29) is 11.9 Å².